The first-order chi connectivity index (χ1) is 11.3. The molecule has 1 aromatic heterocycles. The van der Waals surface area contributed by atoms with Crippen LogP contribution in [0.2, 0.25) is 0 Å². The number of nitrogens with zero attached hydrogens (tertiary/aromatic N) is 2. The van der Waals surface area contributed by atoms with E-state index in [2.05, 4.69) is 40.0 Å². The Hall–Kier alpha value is -1.43. The van der Waals surface area contributed by atoms with Crippen molar-refractivity contribution in [3.8, 4) is 0 Å². The number of fused-ring (bicyclic) bond motifs is 4. The zero-order valence-corrected chi connectivity index (χ0v) is 13.5. The van der Waals surface area contributed by atoms with Crippen LogP contribution >= 0.6 is 11.3 Å². The Morgan fingerprint density at radius 2 is 2.22 bits per heavy atom. The maximum atomic E-state index is 6.22. The van der Waals surface area contributed by atoms with Crippen LogP contribution in [0, 0.1) is 17.8 Å². The number of amidine groups is 1. The third-order valence-electron chi connectivity index (χ3n) is 7.29. The third-order valence-corrected chi connectivity index (χ3v) is 8.17. The molecule has 2 aliphatic carbocycles. The zero-order valence-electron chi connectivity index (χ0n) is 12.7. The second-order valence-corrected chi connectivity index (χ2v) is 8.82. The molecular formula is C18H17N3OS. The highest BCUT2D eigenvalue weighted by molar-refractivity contribution is 7.17. The van der Waals surface area contributed by atoms with Crippen LogP contribution in [-0.4, -0.2) is 35.1 Å². The fourth-order valence-corrected chi connectivity index (χ4v) is 7.08. The van der Waals surface area contributed by atoms with Crippen LogP contribution in [0.5, 0.6) is 0 Å². The molecule has 3 aliphatic heterocycles. The van der Waals surface area contributed by atoms with Gasteiger partial charge in [-0.3, -0.25) is 4.90 Å². The van der Waals surface area contributed by atoms with Crippen molar-refractivity contribution >= 4 is 27.3 Å². The Kier molecular flexibility index (Phi) is 1.82. The minimum atomic E-state index is -0.285. The van der Waals surface area contributed by atoms with Crippen molar-refractivity contribution in [3.05, 3.63) is 35.2 Å². The first-order valence-electron chi connectivity index (χ1n) is 8.56. The standard InChI is InChI=1S/C18H17N3OS/c1-2-11(5-14-10(1)3-4-23-14)16-19-18(22-20-16)13-7-17-12(6-15(17)18)8-21(17)9-13/h1-5,12-13,15H,6-9H2,(H,19,20). The van der Waals surface area contributed by atoms with Gasteiger partial charge in [-0.25, -0.2) is 15.3 Å². The minimum absolute atomic E-state index is 0.285. The van der Waals surface area contributed by atoms with Gasteiger partial charge in [0.2, 0.25) is 0 Å². The van der Waals surface area contributed by atoms with Crippen LogP contribution in [0.1, 0.15) is 18.4 Å². The molecule has 5 unspecified atom stereocenters. The molecule has 23 heavy (non-hydrogen) atoms. The topological polar surface area (TPSA) is 36.9 Å². The van der Waals surface area contributed by atoms with Crippen LogP contribution < -0.4 is 5.48 Å². The van der Waals surface area contributed by atoms with Crippen molar-refractivity contribution in [2.24, 2.45) is 22.7 Å². The molecule has 116 valence electrons. The van der Waals surface area contributed by atoms with Crippen molar-refractivity contribution in [3.63, 3.8) is 0 Å². The Bertz CT molecular complexity index is 907. The maximum absolute atomic E-state index is 6.22. The molecule has 1 aromatic carbocycles. The van der Waals surface area contributed by atoms with Crippen molar-refractivity contribution < 1.29 is 4.84 Å². The molecule has 4 heterocycles. The van der Waals surface area contributed by atoms with Crippen molar-refractivity contribution in [1.82, 2.24) is 10.4 Å². The summed E-state index contributed by atoms with van der Waals surface area (Å²) in [5, 5.41) is 3.45. The van der Waals surface area contributed by atoms with E-state index in [1.807, 2.05) is 0 Å². The lowest BCUT2D eigenvalue weighted by atomic mass is 9.52. The SMILES string of the molecule is c1cc2ccc(C3=NC4(ON3)C3CN5CC6CC4C65C3)cc2s1. The molecule has 5 heteroatoms. The van der Waals surface area contributed by atoms with Gasteiger partial charge >= 0.3 is 0 Å². The van der Waals surface area contributed by atoms with E-state index >= 15 is 0 Å². The Morgan fingerprint density at radius 1 is 1.26 bits per heavy atom. The molecule has 0 radical (unpaired) electrons. The van der Waals surface area contributed by atoms with E-state index in [0.29, 0.717) is 17.4 Å². The normalized spacial score (nSPS) is 45.7. The smallest absolute Gasteiger partial charge is 0.196 e. The predicted octanol–water partition coefficient (Wildman–Crippen LogP) is 2.60. The van der Waals surface area contributed by atoms with E-state index < -0.39 is 0 Å². The average Bonchev–Trinajstić information content (AvgIpc) is 3.28. The number of hydroxylamine groups is 1. The second-order valence-electron chi connectivity index (χ2n) is 7.87. The molecule has 5 atom stereocenters. The molecular weight excluding hydrogens is 306 g/mol. The van der Waals surface area contributed by atoms with Crippen LogP contribution in [-0.2, 0) is 4.84 Å². The van der Waals surface area contributed by atoms with Gasteiger partial charge < -0.3 is 0 Å². The quantitative estimate of drug-likeness (QED) is 0.876. The van der Waals surface area contributed by atoms with Gasteiger partial charge in [-0.05, 0) is 41.7 Å². The van der Waals surface area contributed by atoms with E-state index in [4.69, 9.17) is 9.83 Å². The summed E-state index contributed by atoms with van der Waals surface area (Å²) in [4.78, 5) is 14.1. The fraction of sp³-hybridized carbons (Fsp3) is 0.500. The number of thiophene rings is 1. The molecule has 2 saturated heterocycles. The van der Waals surface area contributed by atoms with Crippen LogP contribution in [0.25, 0.3) is 10.1 Å². The molecule has 2 saturated carbocycles. The van der Waals surface area contributed by atoms with Gasteiger partial charge in [0, 0.05) is 40.7 Å². The number of nitrogens with one attached hydrogen (secondary N) is 1. The maximum Gasteiger partial charge on any atom is 0.196 e. The molecule has 1 N–H and O–H groups in total. The van der Waals surface area contributed by atoms with E-state index in [1.165, 1.54) is 36.0 Å². The first kappa shape index (κ1) is 12.0. The van der Waals surface area contributed by atoms with Crippen molar-refractivity contribution in [1.29, 1.82) is 0 Å². The highest BCUT2D eigenvalue weighted by atomic mass is 32.1. The Labute approximate surface area is 138 Å². The van der Waals surface area contributed by atoms with Crippen molar-refractivity contribution in [2.75, 3.05) is 13.1 Å². The molecule has 2 aromatic rings. The van der Waals surface area contributed by atoms with Crippen LogP contribution in [0.15, 0.2) is 34.6 Å². The molecule has 4 nitrogen and oxygen atoms in total. The number of hydrogen-bond donors (Lipinski definition) is 1. The van der Waals surface area contributed by atoms with Gasteiger partial charge in [-0.1, -0.05) is 12.1 Å². The molecule has 2 bridgehead atoms. The van der Waals surface area contributed by atoms with E-state index in [9.17, 15) is 0 Å². The Balaban J connectivity index is 1.33. The second kappa shape index (κ2) is 3.48. The summed E-state index contributed by atoms with van der Waals surface area (Å²) in [7, 11) is 0. The lowest BCUT2D eigenvalue weighted by Crippen LogP contribution is -2.79. The minimum Gasteiger partial charge on any atom is -0.296 e. The van der Waals surface area contributed by atoms with E-state index in [1.54, 1.807) is 11.3 Å². The van der Waals surface area contributed by atoms with Gasteiger partial charge in [-0.2, -0.15) is 0 Å². The number of benzene rings is 1. The monoisotopic (exact) mass is 323 g/mol. The predicted molar refractivity (Wildman–Crippen MR) is 89.3 cm³/mol. The molecule has 5 aliphatic rings. The summed E-state index contributed by atoms with van der Waals surface area (Å²) >= 11 is 1.78. The highest BCUT2D eigenvalue weighted by Gasteiger charge is 2.82. The van der Waals surface area contributed by atoms with E-state index in [0.717, 1.165) is 17.3 Å². The number of hydrogen-bond acceptors (Lipinski definition) is 5. The van der Waals surface area contributed by atoms with E-state index in [-0.39, 0.29) is 5.72 Å². The summed E-state index contributed by atoms with van der Waals surface area (Å²) in [5.74, 6) is 3.01. The summed E-state index contributed by atoms with van der Waals surface area (Å²) in [6.45, 7) is 2.50. The van der Waals surface area contributed by atoms with Crippen LogP contribution in [0.4, 0.5) is 0 Å². The molecule has 7 rings (SSSR count). The highest BCUT2D eigenvalue weighted by Crippen LogP contribution is 2.74. The average molecular weight is 323 g/mol. The molecule has 4 fully saturated rings. The van der Waals surface area contributed by atoms with Gasteiger partial charge in [-0.15, -0.1) is 11.3 Å². The number of aliphatic imine (C=N–C) groups is 1. The largest absolute Gasteiger partial charge is 0.296 e. The summed E-state index contributed by atoms with van der Waals surface area (Å²) in [6.07, 6.45) is 2.60. The lowest BCUT2D eigenvalue weighted by Gasteiger charge is -2.69. The fourth-order valence-electron chi connectivity index (χ4n) is 6.25. The summed E-state index contributed by atoms with van der Waals surface area (Å²) < 4.78 is 1.31. The van der Waals surface area contributed by atoms with Gasteiger partial charge in [0.15, 0.2) is 11.6 Å². The third kappa shape index (κ3) is 1.12. The summed E-state index contributed by atoms with van der Waals surface area (Å²) in [6, 6.07) is 8.75. The lowest BCUT2D eigenvalue weighted by molar-refractivity contribution is -0.255. The van der Waals surface area contributed by atoms with Crippen molar-refractivity contribution in [2.45, 2.75) is 24.1 Å². The zero-order chi connectivity index (χ0) is 14.8. The number of piperidine rings is 2. The van der Waals surface area contributed by atoms with Gasteiger partial charge in [0.1, 0.15) is 0 Å². The number of rotatable bonds is 1. The van der Waals surface area contributed by atoms with Crippen LogP contribution in [0.3, 0.4) is 0 Å². The first-order valence-corrected chi connectivity index (χ1v) is 9.44. The summed E-state index contributed by atoms with van der Waals surface area (Å²) in [5.41, 5.74) is 4.52. The van der Waals surface area contributed by atoms with Gasteiger partial charge in [0.05, 0.1) is 0 Å². The molecule has 2 spiro atoms. The van der Waals surface area contributed by atoms with Gasteiger partial charge in [0.25, 0.3) is 0 Å². The molecule has 0 amide bonds. The Morgan fingerprint density at radius 3 is 3.13 bits per heavy atom.